The number of rotatable bonds is 3. The molecule has 1 heterocycles. The van der Waals surface area contributed by atoms with Crippen LogP contribution in [0.1, 0.15) is 5.82 Å². The monoisotopic (exact) mass is 285 g/mol. The molecule has 7 heteroatoms. The molecule has 0 amide bonds. The van der Waals surface area contributed by atoms with E-state index in [0.717, 1.165) is 0 Å². The van der Waals surface area contributed by atoms with Crippen LogP contribution in [-0.2, 0) is 16.4 Å². The molecule has 2 rings (SSSR count). The normalized spacial score (nSPS) is 10.7. The maximum absolute atomic E-state index is 12.1. The predicted molar refractivity (Wildman–Crippen MR) is 69.1 cm³/mol. The van der Waals surface area contributed by atoms with Gasteiger partial charge in [-0.05, 0) is 12.1 Å². The van der Waals surface area contributed by atoms with Crippen LogP contribution in [0.4, 0.5) is 0 Å². The van der Waals surface area contributed by atoms with E-state index < -0.39 is 9.84 Å². The molecular formula is C11H12ClN3O2S. The van der Waals surface area contributed by atoms with Gasteiger partial charge in [0.15, 0.2) is 0 Å². The standard InChI is InChI=1S/C11H11N3O2S.ClH/c12-6-11-13-7-10(8-14-11)17(15,16)9-4-2-1-3-5-9;/h1-5,7-8H,6,12H2;1H. The zero-order valence-corrected chi connectivity index (χ0v) is 11.0. The molecule has 2 aromatic rings. The van der Waals surface area contributed by atoms with Gasteiger partial charge in [-0.2, -0.15) is 0 Å². The van der Waals surface area contributed by atoms with Gasteiger partial charge in [0, 0.05) is 12.4 Å². The molecule has 0 aliphatic heterocycles. The average molecular weight is 286 g/mol. The van der Waals surface area contributed by atoms with Crippen LogP contribution in [0.3, 0.4) is 0 Å². The number of hydrogen-bond donors (Lipinski definition) is 1. The van der Waals surface area contributed by atoms with Crippen LogP contribution in [0.15, 0.2) is 52.5 Å². The minimum Gasteiger partial charge on any atom is -0.324 e. The number of nitrogens with zero attached hydrogens (tertiary/aromatic N) is 2. The number of aromatic nitrogens is 2. The van der Waals surface area contributed by atoms with Crippen molar-refractivity contribution in [3.63, 3.8) is 0 Å². The number of sulfone groups is 1. The van der Waals surface area contributed by atoms with E-state index in [4.69, 9.17) is 5.73 Å². The van der Waals surface area contributed by atoms with Gasteiger partial charge in [-0.3, -0.25) is 0 Å². The Labute approximate surface area is 111 Å². The van der Waals surface area contributed by atoms with Gasteiger partial charge < -0.3 is 5.73 Å². The summed E-state index contributed by atoms with van der Waals surface area (Å²) >= 11 is 0. The first-order valence-corrected chi connectivity index (χ1v) is 6.44. The third-order valence-electron chi connectivity index (χ3n) is 2.23. The lowest BCUT2D eigenvalue weighted by Gasteiger charge is -2.03. The van der Waals surface area contributed by atoms with E-state index in [2.05, 4.69) is 9.97 Å². The molecule has 2 N–H and O–H groups in total. The van der Waals surface area contributed by atoms with Crippen LogP contribution < -0.4 is 5.73 Å². The Morgan fingerprint density at radius 2 is 1.56 bits per heavy atom. The van der Waals surface area contributed by atoms with Gasteiger partial charge in [-0.1, -0.05) is 18.2 Å². The molecule has 0 bridgehead atoms. The van der Waals surface area contributed by atoms with Crippen molar-refractivity contribution >= 4 is 22.2 Å². The summed E-state index contributed by atoms with van der Waals surface area (Å²) in [7, 11) is -3.53. The quantitative estimate of drug-likeness (QED) is 0.915. The minimum absolute atomic E-state index is 0. The molecule has 0 aliphatic carbocycles. The van der Waals surface area contributed by atoms with Crippen molar-refractivity contribution in [2.45, 2.75) is 16.3 Å². The van der Waals surface area contributed by atoms with E-state index in [9.17, 15) is 8.42 Å². The van der Waals surface area contributed by atoms with Gasteiger partial charge in [-0.25, -0.2) is 18.4 Å². The molecule has 96 valence electrons. The van der Waals surface area contributed by atoms with Crippen molar-refractivity contribution in [3.8, 4) is 0 Å². The second-order valence-electron chi connectivity index (χ2n) is 3.36. The average Bonchev–Trinajstić information content (AvgIpc) is 2.40. The summed E-state index contributed by atoms with van der Waals surface area (Å²) in [5.74, 6) is 0.414. The molecule has 1 aromatic heterocycles. The molecule has 0 radical (unpaired) electrons. The second kappa shape index (κ2) is 5.90. The van der Waals surface area contributed by atoms with Gasteiger partial charge in [0.05, 0.1) is 11.4 Å². The number of hydrogen-bond acceptors (Lipinski definition) is 5. The summed E-state index contributed by atoms with van der Waals surface area (Å²) in [4.78, 5) is 8.04. The van der Waals surface area contributed by atoms with E-state index in [0.29, 0.717) is 5.82 Å². The Kier molecular flexibility index (Phi) is 4.77. The molecule has 0 aliphatic rings. The fraction of sp³-hybridized carbons (Fsp3) is 0.0909. The molecule has 0 saturated carbocycles. The van der Waals surface area contributed by atoms with Crippen molar-refractivity contribution in [3.05, 3.63) is 48.5 Å². The smallest absolute Gasteiger partial charge is 0.209 e. The molecule has 0 saturated heterocycles. The van der Waals surface area contributed by atoms with Gasteiger partial charge >= 0.3 is 0 Å². The Morgan fingerprint density at radius 1 is 1.00 bits per heavy atom. The van der Waals surface area contributed by atoms with Crippen molar-refractivity contribution in [1.82, 2.24) is 9.97 Å². The SMILES string of the molecule is Cl.NCc1ncc(S(=O)(=O)c2ccccc2)cn1. The van der Waals surface area contributed by atoms with Crippen LogP contribution in [0, 0.1) is 0 Å². The molecule has 1 aromatic carbocycles. The topological polar surface area (TPSA) is 85.9 Å². The third kappa shape index (κ3) is 2.84. The third-order valence-corrected chi connectivity index (χ3v) is 3.95. The van der Waals surface area contributed by atoms with Gasteiger partial charge in [-0.15, -0.1) is 12.4 Å². The van der Waals surface area contributed by atoms with Crippen LogP contribution in [0.25, 0.3) is 0 Å². The maximum Gasteiger partial charge on any atom is 0.209 e. The first-order valence-electron chi connectivity index (χ1n) is 4.96. The Bertz CT molecular complexity index is 600. The summed E-state index contributed by atoms with van der Waals surface area (Å²) in [6.45, 7) is 0.186. The highest BCUT2D eigenvalue weighted by atomic mass is 35.5. The predicted octanol–water partition coefficient (Wildman–Crippen LogP) is 1.19. The lowest BCUT2D eigenvalue weighted by molar-refractivity contribution is 0.595. The number of benzene rings is 1. The highest BCUT2D eigenvalue weighted by molar-refractivity contribution is 7.91. The fourth-order valence-corrected chi connectivity index (χ4v) is 2.49. The van der Waals surface area contributed by atoms with E-state index in [-0.39, 0.29) is 28.7 Å². The van der Waals surface area contributed by atoms with Crippen molar-refractivity contribution in [2.24, 2.45) is 5.73 Å². The summed E-state index contributed by atoms with van der Waals surface area (Å²) in [6.07, 6.45) is 2.55. The van der Waals surface area contributed by atoms with Crippen LogP contribution in [0.5, 0.6) is 0 Å². The molecular weight excluding hydrogens is 274 g/mol. The zero-order valence-electron chi connectivity index (χ0n) is 9.35. The summed E-state index contributed by atoms with van der Waals surface area (Å²) in [5, 5.41) is 0. The molecule has 0 unspecified atom stereocenters. The van der Waals surface area contributed by atoms with E-state index in [1.165, 1.54) is 24.5 Å². The Balaban J connectivity index is 0.00000162. The second-order valence-corrected chi connectivity index (χ2v) is 5.31. The van der Waals surface area contributed by atoms with Crippen LogP contribution in [0.2, 0.25) is 0 Å². The van der Waals surface area contributed by atoms with Crippen LogP contribution >= 0.6 is 12.4 Å². The molecule has 5 nitrogen and oxygen atoms in total. The first kappa shape index (κ1) is 14.6. The summed E-state index contributed by atoms with van der Waals surface area (Å²) in [6, 6.07) is 8.16. The number of nitrogens with two attached hydrogens (primary N) is 1. The number of halogens is 1. The molecule has 0 atom stereocenters. The molecule has 0 spiro atoms. The highest BCUT2D eigenvalue weighted by Gasteiger charge is 2.17. The maximum atomic E-state index is 12.1. The van der Waals surface area contributed by atoms with Crippen molar-refractivity contribution < 1.29 is 8.42 Å². The minimum atomic E-state index is -3.53. The lowest BCUT2D eigenvalue weighted by atomic mass is 10.4. The molecule has 18 heavy (non-hydrogen) atoms. The first-order chi connectivity index (χ1) is 8.14. The van der Waals surface area contributed by atoms with E-state index in [1.807, 2.05) is 0 Å². The van der Waals surface area contributed by atoms with Gasteiger partial charge in [0.1, 0.15) is 10.7 Å². The van der Waals surface area contributed by atoms with Crippen molar-refractivity contribution in [1.29, 1.82) is 0 Å². The summed E-state index contributed by atoms with van der Waals surface area (Å²) < 4.78 is 24.2. The molecule has 0 fully saturated rings. The summed E-state index contributed by atoms with van der Waals surface area (Å²) in [5.41, 5.74) is 5.35. The van der Waals surface area contributed by atoms with Gasteiger partial charge in [0.25, 0.3) is 0 Å². The zero-order chi connectivity index (χ0) is 12.3. The van der Waals surface area contributed by atoms with E-state index in [1.54, 1.807) is 18.2 Å². The largest absolute Gasteiger partial charge is 0.324 e. The van der Waals surface area contributed by atoms with E-state index >= 15 is 0 Å². The lowest BCUT2D eigenvalue weighted by Crippen LogP contribution is -2.07. The fourth-order valence-electron chi connectivity index (χ4n) is 1.32. The van der Waals surface area contributed by atoms with Gasteiger partial charge in [0.2, 0.25) is 9.84 Å². The van der Waals surface area contributed by atoms with Crippen LogP contribution in [-0.4, -0.2) is 18.4 Å². The Hall–Kier alpha value is -1.50. The van der Waals surface area contributed by atoms with Crippen molar-refractivity contribution in [2.75, 3.05) is 0 Å². The highest BCUT2D eigenvalue weighted by Crippen LogP contribution is 2.18. The Morgan fingerprint density at radius 3 is 2.06 bits per heavy atom.